The molecule has 7 nitrogen and oxygen atoms in total. The van der Waals surface area contributed by atoms with Gasteiger partial charge in [-0.15, -0.1) is 10.2 Å². The summed E-state index contributed by atoms with van der Waals surface area (Å²) in [5.41, 5.74) is 4.36. The van der Waals surface area contributed by atoms with Crippen molar-refractivity contribution in [2.75, 3.05) is 5.32 Å². The first kappa shape index (κ1) is 18.9. The highest BCUT2D eigenvalue weighted by Gasteiger charge is 2.11. The zero-order valence-corrected chi connectivity index (χ0v) is 16.9. The minimum atomic E-state index is -0.199. The number of carbonyl (C=O) groups is 1. The number of carbonyl (C=O) groups excluding carboxylic acids is 1. The van der Waals surface area contributed by atoms with Gasteiger partial charge in [-0.3, -0.25) is 9.78 Å². The summed E-state index contributed by atoms with van der Waals surface area (Å²) in [7, 11) is 0. The van der Waals surface area contributed by atoms with Gasteiger partial charge in [0.15, 0.2) is 11.5 Å². The van der Waals surface area contributed by atoms with E-state index in [1.54, 1.807) is 41.2 Å². The van der Waals surface area contributed by atoms with Crippen LogP contribution in [0.25, 0.3) is 28.3 Å². The van der Waals surface area contributed by atoms with Crippen molar-refractivity contribution >= 4 is 28.8 Å². The molecular weight excluding hydrogens is 412 g/mol. The predicted molar refractivity (Wildman–Crippen MR) is 119 cm³/mol. The molecule has 3 aromatic heterocycles. The molecule has 0 bridgehead atoms. The molecule has 0 saturated carbocycles. The van der Waals surface area contributed by atoms with E-state index in [2.05, 4.69) is 20.5 Å². The number of anilines is 1. The van der Waals surface area contributed by atoms with Crippen molar-refractivity contribution in [3.63, 3.8) is 0 Å². The van der Waals surface area contributed by atoms with E-state index in [9.17, 15) is 4.79 Å². The molecule has 0 saturated heterocycles. The zero-order chi connectivity index (χ0) is 21.2. The summed E-state index contributed by atoms with van der Waals surface area (Å²) in [6, 6.07) is 21.7. The molecule has 1 amide bonds. The van der Waals surface area contributed by atoms with Gasteiger partial charge in [-0.25, -0.2) is 0 Å². The van der Waals surface area contributed by atoms with E-state index in [-0.39, 0.29) is 5.91 Å². The highest BCUT2D eigenvalue weighted by atomic mass is 35.5. The molecule has 8 heteroatoms. The molecule has 0 aliphatic carbocycles. The molecule has 0 spiro atoms. The second-order valence-electron chi connectivity index (χ2n) is 6.79. The van der Waals surface area contributed by atoms with Gasteiger partial charge in [0.05, 0.1) is 5.69 Å². The maximum Gasteiger partial charge on any atom is 0.255 e. The van der Waals surface area contributed by atoms with Crippen LogP contribution < -0.4 is 5.32 Å². The molecule has 0 unspecified atom stereocenters. The molecule has 5 aromatic rings. The van der Waals surface area contributed by atoms with Crippen molar-refractivity contribution in [2.45, 2.75) is 0 Å². The summed E-state index contributed by atoms with van der Waals surface area (Å²) in [4.78, 5) is 16.5. The third kappa shape index (κ3) is 3.86. The molecule has 0 aliphatic heterocycles. The summed E-state index contributed by atoms with van der Waals surface area (Å²) >= 11 is 5.88. The highest BCUT2D eigenvalue weighted by Crippen LogP contribution is 2.22. The lowest BCUT2D eigenvalue weighted by Gasteiger charge is -2.07. The predicted octanol–water partition coefficient (Wildman–Crippen LogP) is 4.76. The van der Waals surface area contributed by atoms with Gasteiger partial charge in [-0.05, 0) is 60.7 Å². The number of nitrogens with zero attached hydrogens (tertiary/aromatic N) is 5. The Labute approximate surface area is 182 Å². The molecule has 0 atom stereocenters. The Morgan fingerprint density at radius 1 is 0.871 bits per heavy atom. The van der Waals surface area contributed by atoms with Crippen LogP contribution >= 0.6 is 11.6 Å². The van der Waals surface area contributed by atoms with E-state index in [0.717, 1.165) is 16.8 Å². The number of nitrogens with one attached hydrogen (secondary N) is 1. The standard InChI is InChI=1S/C23H15ClN6O/c24-18-7-3-16(4-8-18)23(31)26-19-9-5-15(6-10-19)20-11-12-21-27-28-22(30(21)29-20)17-2-1-13-25-14-17/h1-14H,(H,26,31). The molecule has 0 radical (unpaired) electrons. The Kier molecular flexibility index (Phi) is 4.86. The van der Waals surface area contributed by atoms with Crippen molar-refractivity contribution in [1.82, 2.24) is 24.8 Å². The normalized spacial score (nSPS) is 10.9. The van der Waals surface area contributed by atoms with Crippen molar-refractivity contribution < 1.29 is 4.79 Å². The molecule has 0 aliphatic rings. The van der Waals surface area contributed by atoms with Crippen LogP contribution in [0.4, 0.5) is 5.69 Å². The monoisotopic (exact) mass is 426 g/mol. The summed E-state index contributed by atoms with van der Waals surface area (Å²) in [6.07, 6.45) is 3.43. The first-order chi connectivity index (χ1) is 15.2. The number of pyridine rings is 1. The second-order valence-corrected chi connectivity index (χ2v) is 7.23. The Morgan fingerprint density at radius 3 is 2.42 bits per heavy atom. The molecule has 2 aromatic carbocycles. The first-order valence-electron chi connectivity index (χ1n) is 9.47. The SMILES string of the molecule is O=C(Nc1ccc(-c2ccc3nnc(-c4cccnc4)n3n2)cc1)c1ccc(Cl)cc1. The minimum Gasteiger partial charge on any atom is -0.322 e. The highest BCUT2D eigenvalue weighted by molar-refractivity contribution is 6.30. The average Bonchev–Trinajstić information content (AvgIpc) is 3.24. The Bertz CT molecular complexity index is 1370. The van der Waals surface area contributed by atoms with Crippen LogP contribution in [0.1, 0.15) is 10.4 Å². The van der Waals surface area contributed by atoms with E-state index >= 15 is 0 Å². The Balaban J connectivity index is 1.40. The summed E-state index contributed by atoms with van der Waals surface area (Å²) in [5, 5.41) is 16.6. The third-order valence-electron chi connectivity index (χ3n) is 4.73. The van der Waals surface area contributed by atoms with E-state index in [0.29, 0.717) is 27.7 Å². The van der Waals surface area contributed by atoms with Crippen LogP contribution in [-0.2, 0) is 0 Å². The van der Waals surface area contributed by atoms with Crippen LogP contribution in [0, 0.1) is 0 Å². The fourth-order valence-electron chi connectivity index (χ4n) is 3.15. The number of aromatic nitrogens is 5. The topological polar surface area (TPSA) is 85.1 Å². The second kappa shape index (κ2) is 7.97. The van der Waals surface area contributed by atoms with Gasteiger partial charge in [0.2, 0.25) is 0 Å². The van der Waals surface area contributed by atoms with Gasteiger partial charge in [0.1, 0.15) is 0 Å². The Hall–Kier alpha value is -4.10. The van der Waals surface area contributed by atoms with Crippen molar-refractivity contribution in [1.29, 1.82) is 0 Å². The molecular formula is C23H15ClN6O. The lowest BCUT2D eigenvalue weighted by molar-refractivity contribution is 0.102. The number of rotatable bonds is 4. The molecule has 3 heterocycles. The number of amides is 1. The van der Waals surface area contributed by atoms with Gasteiger partial charge in [0.25, 0.3) is 5.91 Å². The van der Waals surface area contributed by atoms with Gasteiger partial charge in [0, 0.05) is 39.8 Å². The minimum absolute atomic E-state index is 0.199. The molecule has 1 N–H and O–H groups in total. The number of hydrogen-bond donors (Lipinski definition) is 1. The van der Waals surface area contributed by atoms with Crippen molar-refractivity contribution in [2.24, 2.45) is 0 Å². The molecule has 31 heavy (non-hydrogen) atoms. The van der Waals surface area contributed by atoms with Gasteiger partial charge in [-0.1, -0.05) is 23.7 Å². The number of hydrogen-bond acceptors (Lipinski definition) is 5. The summed E-state index contributed by atoms with van der Waals surface area (Å²) in [5.74, 6) is 0.423. The number of halogens is 1. The van der Waals surface area contributed by atoms with E-state index < -0.39 is 0 Å². The molecule has 0 fully saturated rings. The van der Waals surface area contributed by atoms with Crippen LogP contribution in [-0.4, -0.2) is 30.7 Å². The lowest BCUT2D eigenvalue weighted by Crippen LogP contribution is -2.11. The average molecular weight is 427 g/mol. The van der Waals surface area contributed by atoms with E-state index in [1.165, 1.54) is 0 Å². The van der Waals surface area contributed by atoms with Crippen molar-refractivity contribution in [3.8, 4) is 22.6 Å². The van der Waals surface area contributed by atoms with Gasteiger partial charge < -0.3 is 5.32 Å². The molecule has 5 rings (SSSR count). The smallest absolute Gasteiger partial charge is 0.255 e. The maximum atomic E-state index is 12.4. The van der Waals surface area contributed by atoms with Gasteiger partial charge in [-0.2, -0.15) is 9.61 Å². The summed E-state index contributed by atoms with van der Waals surface area (Å²) < 4.78 is 1.70. The Morgan fingerprint density at radius 2 is 1.68 bits per heavy atom. The van der Waals surface area contributed by atoms with Crippen LogP contribution in [0.5, 0.6) is 0 Å². The quantitative estimate of drug-likeness (QED) is 0.448. The zero-order valence-electron chi connectivity index (χ0n) is 16.1. The lowest BCUT2D eigenvalue weighted by atomic mass is 10.1. The fourth-order valence-corrected chi connectivity index (χ4v) is 3.27. The van der Waals surface area contributed by atoms with E-state index in [1.807, 2.05) is 48.5 Å². The fraction of sp³-hybridized carbons (Fsp3) is 0. The maximum absolute atomic E-state index is 12.4. The first-order valence-corrected chi connectivity index (χ1v) is 9.85. The van der Waals surface area contributed by atoms with Crippen molar-refractivity contribution in [3.05, 3.63) is 95.8 Å². The number of benzene rings is 2. The molecule has 150 valence electrons. The van der Waals surface area contributed by atoms with E-state index in [4.69, 9.17) is 16.7 Å². The van der Waals surface area contributed by atoms with Crippen LogP contribution in [0.2, 0.25) is 5.02 Å². The van der Waals surface area contributed by atoms with Gasteiger partial charge >= 0.3 is 0 Å². The third-order valence-corrected chi connectivity index (χ3v) is 4.98. The summed E-state index contributed by atoms with van der Waals surface area (Å²) in [6.45, 7) is 0. The largest absolute Gasteiger partial charge is 0.322 e. The van der Waals surface area contributed by atoms with Crippen LogP contribution in [0.15, 0.2) is 85.2 Å². The van der Waals surface area contributed by atoms with Crippen LogP contribution in [0.3, 0.4) is 0 Å². The number of fused-ring (bicyclic) bond motifs is 1.